The minimum absolute atomic E-state index is 0.00880. The average molecular weight is 262 g/mol. The molecule has 1 aliphatic rings. The summed E-state index contributed by atoms with van der Waals surface area (Å²) in [7, 11) is 0. The van der Waals surface area contributed by atoms with Crippen molar-refractivity contribution in [1.82, 2.24) is 10.6 Å². The van der Waals surface area contributed by atoms with Crippen LogP contribution in [0.15, 0.2) is 30.3 Å². The molecule has 2 rings (SSSR count). The van der Waals surface area contributed by atoms with Gasteiger partial charge in [0.2, 0.25) is 0 Å². The van der Waals surface area contributed by atoms with Crippen molar-refractivity contribution in [3.05, 3.63) is 35.9 Å². The van der Waals surface area contributed by atoms with Gasteiger partial charge in [0.05, 0.1) is 6.04 Å². The van der Waals surface area contributed by atoms with E-state index >= 15 is 0 Å². The lowest BCUT2D eigenvalue weighted by atomic mass is 10.0. The van der Waals surface area contributed by atoms with E-state index in [1.807, 2.05) is 0 Å². The number of thiocarbonyl (C=S) groups is 1. The van der Waals surface area contributed by atoms with Crippen molar-refractivity contribution in [2.24, 2.45) is 5.92 Å². The van der Waals surface area contributed by atoms with Crippen LogP contribution in [-0.2, 0) is 0 Å². The SMILES string of the molecule is CC(C)(C)NC(=S)NC(c1ccccc1)C1CC1. The lowest BCUT2D eigenvalue weighted by molar-refractivity contribution is 0.489. The first-order valence-corrected chi connectivity index (χ1v) is 7.00. The molecule has 0 radical (unpaired) electrons. The maximum atomic E-state index is 5.40. The molecule has 2 nitrogen and oxygen atoms in total. The minimum Gasteiger partial charge on any atom is -0.358 e. The fourth-order valence-electron chi connectivity index (χ4n) is 2.08. The van der Waals surface area contributed by atoms with E-state index in [-0.39, 0.29) is 5.54 Å². The van der Waals surface area contributed by atoms with E-state index < -0.39 is 0 Å². The highest BCUT2D eigenvalue weighted by Crippen LogP contribution is 2.40. The molecular formula is C15H22N2S. The zero-order valence-electron chi connectivity index (χ0n) is 11.4. The molecule has 0 spiro atoms. The highest BCUT2D eigenvalue weighted by Gasteiger charge is 2.32. The lowest BCUT2D eigenvalue weighted by Crippen LogP contribution is -2.47. The molecule has 0 amide bonds. The van der Waals surface area contributed by atoms with Gasteiger partial charge in [-0.05, 0) is 57.3 Å². The summed E-state index contributed by atoms with van der Waals surface area (Å²) >= 11 is 5.40. The molecule has 98 valence electrons. The predicted octanol–water partition coefficient (Wildman–Crippen LogP) is 3.40. The second-order valence-corrected chi connectivity index (χ2v) is 6.48. The van der Waals surface area contributed by atoms with Crippen LogP contribution in [0.2, 0.25) is 0 Å². The summed E-state index contributed by atoms with van der Waals surface area (Å²) < 4.78 is 0. The normalized spacial score (nSPS) is 17.1. The van der Waals surface area contributed by atoms with Gasteiger partial charge < -0.3 is 10.6 Å². The van der Waals surface area contributed by atoms with Gasteiger partial charge in [-0.3, -0.25) is 0 Å². The maximum absolute atomic E-state index is 5.40. The number of nitrogens with one attached hydrogen (secondary N) is 2. The largest absolute Gasteiger partial charge is 0.358 e. The third kappa shape index (κ3) is 3.98. The highest BCUT2D eigenvalue weighted by molar-refractivity contribution is 7.80. The number of rotatable bonds is 3. The molecule has 2 N–H and O–H groups in total. The monoisotopic (exact) mass is 262 g/mol. The molecule has 1 aliphatic carbocycles. The van der Waals surface area contributed by atoms with E-state index in [2.05, 4.69) is 61.7 Å². The Balaban J connectivity index is 2.02. The summed E-state index contributed by atoms with van der Waals surface area (Å²) in [4.78, 5) is 0. The molecule has 1 fully saturated rings. The third-order valence-electron chi connectivity index (χ3n) is 3.03. The van der Waals surface area contributed by atoms with E-state index in [0.717, 1.165) is 11.0 Å². The van der Waals surface area contributed by atoms with Gasteiger partial charge in [-0.25, -0.2) is 0 Å². The fourth-order valence-corrected chi connectivity index (χ4v) is 2.51. The summed E-state index contributed by atoms with van der Waals surface area (Å²) in [5, 5.41) is 7.55. The fraction of sp³-hybridized carbons (Fsp3) is 0.533. The van der Waals surface area contributed by atoms with Crippen LogP contribution in [0.25, 0.3) is 0 Å². The Morgan fingerprint density at radius 2 is 1.83 bits per heavy atom. The predicted molar refractivity (Wildman–Crippen MR) is 80.5 cm³/mol. The molecule has 0 saturated heterocycles. The average Bonchev–Trinajstić information content (AvgIpc) is 3.08. The standard InChI is InChI=1S/C15H22N2S/c1-15(2,3)17-14(18)16-13(12-9-10-12)11-7-5-4-6-8-11/h4-8,12-13H,9-10H2,1-3H3,(H2,16,17,18). The molecule has 0 heterocycles. The number of hydrogen-bond acceptors (Lipinski definition) is 1. The van der Waals surface area contributed by atoms with Gasteiger partial charge in [0.25, 0.3) is 0 Å². The summed E-state index contributed by atoms with van der Waals surface area (Å²) in [6.07, 6.45) is 2.59. The van der Waals surface area contributed by atoms with Crippen molar-refractivity contribution < 1.29 is 0 Å². The van der Waals surface area contributed by atoms with Crippen LogP contribution < -0.4 is 10.6 Å². The van der Waals surface area contributed by atoms with Crippen molar-refractivity contribution in [2.75, 3.05) is 0 Å². The van der Waals surface area contributed by atoms with Gasteiger partial charge in [0.15, 0.2) is 5.11 Å². The molecule has 1 saturated carbocycles. The van der Waals surface area contributed by atoms with Crippen molar-refractivity contribution in [2.45, 2.75) is 45.2 Å². The molecular weight excluding hydrogens is 240 g/mol. The first-order valence-electron chi connectivity index (χ1n) is 6.59. The Morgan fingerprint density at radius 1 is 1.22 bits per heavy atom. The molecule has 0 bridgehead atoms. The van der Waals surface area contributed by atoms with Crippen LogP contribution in [-0.4, -0.2) is 10.7 Å². The summed E-state index contributed by atoms with van der Waals surface area (Å²) in [6, 6.07) is 10.9. The number of benzene rings is 1. The van der Waals surface area contributed by atoms with Crippen molar-refractivity contribution in [3.8, 4) is 0 Å². The summed E-state index contributed by atoms with van der Waals surface area (Å²) in [5.74, 6) is 0.729. The van der Waals surface area contributed by atoms with E-state index in [1.165, 1.54) is 18.4 Å². The van der Waals surface area contributed by atoms with Gasteiger partial charge in [-0.15, -0.1) is 0 Å². The minimum atomic E-state index is 0.00880. The second-order valence-electron chi connectivity index (χ2n) is 6.07. The lowest BCUT2D eigenvalue weighted by Gasteiger charge is -2.27. The molecule has 1 aromatic rings. The van der Waals surface area contributed by atoms with Gasteiger partial charge in [-0.1, -0.05) is 30.3 Å². The maximum Gasteiger partial charge on any atom is 0.167 e. The van der Waals surface area contributed by atoms with Gasteiger partial charge in [-0.2, -0.15) is 0 Å². The molecule has 0 aliphatic heterocycles. The Labute approximate surface area is 115 Å². The Kier molecular flexibility index (Phi) is 3.91. The molecule has 3 heteroatoms. The van der Waals surface area contributed by atoms with Crippen LogP contribution in [0.1, 0.15) is 45.2 Å². The Bertz CT molecular complexity index is 404. The van der Waals surface area contributed by atoms with Crippen molar-refractivity contribution >= 4 is 17.3 Å². The quantitative estimate of drug-likeness (QED) is 0.816. The van der Waals surface area contributed by atoms with Gasteiger partial charge in [0, 0.05) is 5.54 Å². The van der Waals surface area contributed by atoms with Crippen LogP contribution in [0, 0.1) is 5.92 Å². The topological polar surface area (TPSA) is 24.1 Å². The van der Waals surface area contributed by atoms with Gasteiger partial charge in [0.1, 0.15) is 0 Å². The van der Waals surface area contributed by atoms with E-state index in [1.54, 1.807) is 0 Å². The van der Waals surface area contributed by atoms with E-state index in [0.29, 0.717) is 6.04 Å². The van der Waals surface area contributed by atoms with Gasteiger partial charge >= 0.3 is 0 Å². The Hall–Kier alpha value is -1.09. The van der Waals surface area contributed by atoms with Crippen LogP contribution in [0.4, 0.5) is 0 Å². The van der Waals surface area contributed by atoms with E-state index in [9.17, 15) is 0 Å². The summed E-state index contributed by atoms with van der Waals surface area (Å²) in [5.41, 5.74) is 1.34. The van der Waals surface area contributed by atoms with Crippen molar-refractivity contribution in [3.63, 3.8) is 0 Å². The molecule has 18 heavy (non-hydrogen) atoms. The second kappa shape index (κ2) is 5.27. The Morgan fingerprint density at radius 3 is 2.33 bits per heavy atom. The third-order valence-corrected chi connectivity index (χ3v) is 3.25. The first kappa shape index (κ1) is 13.3. The molecule has 1 atom stereocenters. The zero-order valence-corrected chi connectivity index (χ0v) is 12.2. The van der Waals surface area contributed by atoms with E-state index in [4.69, 9.17) is 12.2 Å². The molecule has 0 aromatic heterocycles. The van der Waals surface area contributed by atoms with Crippen LogP contribution in [0.3, 0.4) is 0 Å². The smallest absolute Gasteiger partial charge is 0.167 e. The zero-order chi connectivity index (χ0) is 13.2. The van der Waals surface area contributed by atoms with Crippen LogP contribution in [0.5, 0.6) is 0 Å². The van der Waals surface area contributed by atoms with Crippen LogP contribution >= 0.6 is 12.2 Å². The first-order chi connectivity index (χ1) is 8.46. The highest BCUT2D eigenvalue weighted by atomic mass is 32.1. The number of hydrogen-bond donors (Lipinski definition) is 2. The molecule has 1 unspecified atom stereocenters. The molecule has 1 aromatic carbocycles. The van der Waals surface area contributed by atoms with Crippen molar-refractivity contribution in [1.29, 1.82) is 0 Å². The summed E-state index contributed by atoms with van der Waals surface area (Å²) in [6.45, 7) is 6.36.